The summed E-state index contributed by atoms with van der Waals surface area (Å²) in [6.45, 7) is 9.28. The van der Waals surface area contributed by atoms with Crippen LogP contribution in [-0.4, -0.2) is 47.3 Å². The van der Waals surface area contributed by atoms with Gasteiger partial charge in [-0.15, -0.1) is 0 Å². The van der Waals surface area contributed by atoms with Crippen molar-refractivity contribution in [3.05, 3.63) is 59.7 Å². The van der Waals surface area contributed by atoms with Crippen LogP contribution in [0, 0.1) is 0 Å². The number of benzene rings is 2. The topological polar surface area (TPSA) is 114 Å². The Kier molecular flexibility index (Phi) is 6.95. The number of carboxylic acid groups (broad SMARTS) is 1. The van der Waals surface area contributed by atoms with Gasteiger partial charge in [-0.05, 0) is 56.9 Å². The largest absolute Gasteiger partial charge is 0.494 e. The number of nitrogens with one attached hydrogen (secondary N) is 2. The maximum absolute atomic E-state index is 12.6. The van der Waals surface area contributed by atoms with Crippen LogP contribution in [0.25, 0.3) is 0 Å². The first kappa shape index (κ1) is 24.5. The van der Waals surface area contributed by atoms with Crippen molar-refractivity contribution in [2.24, 2.45) is 0 Å². The number of carbonyl (C=O) groups is 3. The minimum Gasteiger partial charge on any atom is -0.480 e. The Morgan fingerprint density at radius 3 is 2.15 bits per heavy atom. The Balaban J connectivity index is 1.67. The second kappa shape index (κ2) is 9.37. The highest BCUT2D eigenvalue weighted by Gasteiger charge is 2.51. The van der Waals surface area contributed by atoms with Gasteiger partial charge >= 0.3 is 13.1 Å². The van der Waals surface area contributed by atoms with Gasteiger partial charge in [0.25, 0.3) is 5.91 Å². The number of anilines is 1. The van der Waals surface area contributed by atoms with Gasteiger partial charge < -0.3 is 25.0 Å². The average molecular weight is 452 g/mol. The number of carboxylic acids is 1. The summed E-state index contributed by atoms with van der Waals surface area (Å²) in [4.78, 5) is 35.6. The van der Waals surface area contributed by atoms with Gasteiger partial charge in [-0.2, -0.15) is 0 Å². The van der Waals surface area contributed by atoms with Crippen LogP contribution in [-0.2, 0) is 25.3 Å². The van der Waals surface area contributed by atoms with Crippen molar-refractivity contribution in [3.63, 3.8) is 0 Å². The first-order valence-corrected chi connectivity index (χ1v) is 10.7. The first-order chi connectivity index (χ1) is 15.4. The summed E-state index contributed by atoms with van der Waals surface area (Å²) in [6, 6.07) is 12.5. The Labute approximate surface area is 193 Å². The van der Waals surface area contributed by atoms with E-state index in [9.17, 15) is 19.5 Å². The molecular weight excluding hydrogens is 423 g/mol. The maximum Gasteiger partial charge on any atom is 0.494 e. The molecule has 174 valence electrons. The van der Waals surface area contributed by atoms with Crippen LogP contribution >= 0.6 is 0 Å². The molecule has 1 aliphatic heterocycles. The quantitative estimate of drug-likeness (QED) is 0.556. The summed E-state index contributed by atoms with van der Waals surface area (Å²) in [6.07, 6.45) is 0.107. The Hall–Kier alpha value is -3.17. The lowest BCUT2D eigenvalue weighted by Gasteiger charge is -2.32. The summed E-state index contributed by atoms with van der Waals surface area (Å²) in [5.41, 5.74) is 1.39. The highest BCUT2D eigenvalue weighted by Crippen LogP contribution is 2.36. The van der Waals surface area contributed by atoms with Gasteiger partial charge in [-0.25, -0.2) is 4.79 Å². The second-order valence-electron chi connectivity index (χ2n) is 9.16. The minimum atomic E-state index is -1.14. The van der Waals surface area contributed by atoms with E-state index in [-0.39, 0.29) is 17.9 Å². The van der Waals surface area contributed by atoms with Crippen molar-refractivity contribution in [3.8, 4) is 0 Å². The van der Waals surface area contributed by atoms with E-state index >= 15 is 0 Å². The summed E-state index contributed by atoms with van der Waals surface area (Å²) in [7, 11) is -0.505. The molecule has 1 saturated heterocycles. The second-order valence-corrected chi connectivity index (χ2v) is 9.16. The maximum atomic E-state index is 12.6. The number of amides is 2. The van der Waals surface area contributed by atoms with Gasteiger partial charge in [0, 0.05) is 24.6 Å². The Morgan fingerprint density at radius 2 is 1.61 bits per heavy atom. The summed E-state index contributed by atoms with van der Waals surface area (Å²) in [5, 5.41) is 14.8. The van der Waals surface area contributed by atoms with Gasteiger partial charge in [0.2, 0.25) is 5.91 Å². The van der Waals surface area contributed by atoms with E-state index in [2.05, 4.69) is 10.6 Å². The molecule has 33 heavy (non-hydrogen) atoms. The fraction of sp³-hybridized carbons (Fsp3) is 0.375. The fourth-order valence-corrected chi connectivity index (χ4v) is 3.41. The van der Waals surface area contributed by atoms with E-state index in [4.69, 9.17) is 9.31 Å². The molecule has 0 unspecified atom stereocenters. The highest BCUT2D eigenvalue weighted by atomic mass is 16.7. The van der Waals surface area contributed by atoms with Gasteiger partial charge in [-0.1, -0.05) is 30.3 Å². The fourth-order valence-electron chi connectivity index (χ4n) is 3.41. The van der Waals surface area contributed by atoms with E-state index in [1.165, 1.54) is 13.0 Å². The SMILES string of the molecule is CC(=O)Nc1cccc(C(=O)N[C@H](Cc2ccc(B3OC(C)(C)C(C)(C)O3)cc2)C(=O)O)c1. The number of rotatable bonds is 7. The van der Waals surface area contributed by atoms with Crippen molar-refractivity contribution in [1.82, 2.24) is 5.32 Å². The van der Waals surface area contributed by atoms with Crippen molar-refractivity contribution in [2.75, 3.05) is 5.32 Å². The van der Waals surface area contributed by atoms with Crippen LogP contribution in [0.4, 0.5) is 5.69 Å². The molecule has 0 saturated carbocycles. The van der Waals surface area contributed by atoms with Gasteiger partial charge in [-0.3, -0.25) is 9.59 Å². The summed E-state index contributed by atoms with van der Waals surface area (Å²) < 4.78 is 12.1. The van der Waals surface area contributed by atoms with E-state index < -0.39 is 36.2 Å². The summed E-state index contributed by atoms with van der Waals surface area (Å²) >= 11 is 0. The number of hydrogen-bond acceptors (Lipinski definition) is 5. The number of carbonyl (C=O) groups excluding carboxylic acids is 2. The average Bonchev–Trinajstić information content (AvgIpc) is 2.94. The van der Waals surface area contributed by atoms with Crippen LogP contribution in [0.5, 0.6) is 0 Å². The minimum absolute atomic E-state index is 0.107. The lowest BCUT2D eigenvalue weighted by atomic mass is 9.78. The molecular formula is C24H29BN2O6. The molecule has 0 radical (unpaired) electrons. The van der Waals surface area contributed by atoms with Crippen molar-refractivity contribution < 1.29 is 28.8 Å². The predicted octanol–water partition coefficient (Wildman–Crippen LogP) is 2.37. The first-order valence-electron chi connectivity index (χ1n) is 10.7. The lowest BCUT2D eigenvalue weighted by Crippen LogP contribution is -2.42. The molecule has 1 aliphatic rings. The molecule has 1 fully saturated rings. The molecule has 2 aromatic rings. The third-order valence-corrected chi connectivity index (χ3v) is 5.99. The summed E-state index contributed by atoms with van der Waals surface area (Å²) in [5.74, 6) is -1.94. The lowest BCUT2D eigenvalue weighted by molar-refractivity contribution is -0.139. The standard InChI is InChI=1S/C24H29BN2O6/c1-15(28)26-19-8-6-7-17(14-19)21(29)27-20(22(30)31)13-16-9-11-18(12-10-16)25-32-23(2,3)24(4,5)33-25/h6-12,14,20H,13H2,1-5H3,(H,26,28)(H,27,29)(H,30,31)/t20-/m1/s1. The molecule has 9 heteroatoms. The van der Waals surface area contributed by atoms with Crippen LogP contribution in [0.3, 0.4) is 0 Å². The smallest absolute Gasteiger partial charge is 0.480 e. The van der Waals surface area contributed by atoms with Crippen molar-refractivity contribution in [2.45, 2.75) is 58.3 Å². The molecule has 0 aromatic heterocycles. The van der Waals surface area contributed by atoms with Gasteiger partial charge in [0.05, 0.1) is 11.2 Å². The number of aliphatic carboxylic acids is 1. The van der Waals surface area contributed by atoms with Crippen molar-refractivity contribution >= 4 is 36.1 Å². The van der Waals surface area contributed by atoms with E-state index in [1.807, 2.05) is 39.8 Å². The Morgan fingerprint density at radius 1 is 1.00 bits per heavy atom. The molecule has 8 nitrogen and oxygen atoms in total. The monoisotopic (exact) mass is 452 g/mol. The zero-order valence-electron chi connectivity index (χ0n) is 19.5. The van der Waals surface area contributed by atoms with Crippen LogP contribution in [0.15, 0.2) is 48.5 Å². The molecule has 2 amide bonds. The van der Waals surface area contributed by atoms with E-state index in [0.717, 1.165) is 11.0 Å². The van der Waals surface area contributed by atoms with E-state index in [1.54, 1.807) is 30.3 Å². The van der Waals surface area contributed by atoms with Crippen LogP contribution in [0.2, 0.25) is 0 Å². The van der Waals surface area contributed by atoms with Crippen molar-refractivity contribution in [1.29, 1.82) is 0 Å². The van der Waals surface area contributed by atoms with E-state index in [0.29, 0.717) is 5.69 Å². The predicted molar refractivity (Wildman–Crippen MR) is 125 cm³/mol. The Bertz CT molecular complexity index is 1040. The van der Waals surface area contributed by atoms with Gasteiger partial charge in [0.1, 0.15) is 6.04 Å². The third kappa shape index (κ3) is 5.80. The van der Waals surface area contributed by atoms with Crippen LogP contribution in [0.1, 0.15) is 50.5 Å². The normalized spacial score (nSPS) is 17.3. The molecule has 1 heterocycles. The molecule has 2 aromatic carbocycles. The molecule has 3 rings (SSSR count). The number of hydrogen-bond donors (Lipinski definition) is 3. The molecule has 0 spiro atoms. The molecule has 1 atom stereocenters. The molecule has 0 bridgehead atoms. The zero-order valence-corrected chi connectivity index (χ0v) is 19.5. The van der Waals surface area contributed by atoms with Gasteiger partial charge in [0.15, 0.2) is 0 Å². The molecule has 3 N–H and O–H groups in total. The zero-order chi connectivity index (χ0) is 24.4. The van der Waals surface area contributed by atoms with Crippen LogP contribution < -0.4 is 16.1 Å². The molecule has 0 aliphatic carbocycles. The third-order valence-electron chi connectivity index (χ3n) is 5.99. The highest BCUT2D eigenvalue weighted by molar-refractivity contribution is 6.62.